The van der Waals surface area contributed by atoms with Gasteiger partial charge in [0.2, 0.25) is 0 Å². The maximum absolute atomic E-state index is 13.1. The number of fused-ring (bicyclic) bond motifs is 2. The average Bonchev–Trinajstić information content (AvgIpc) is 3.42. The number of hydrogen-bond donors (Lipinski definition) is 0. The zero-order chi connectivity index (χ0) is 23.2. The molecule has 6 nitrogen and oxygen atoms in total. The quantitative estimate of drug-likeness (QED) is 0.321. The van der Waals surface area contributed by atoms with Crippen LogP contribution in [-0.4, -0.2) is 29.5 Å². The van der Waals surface area contributed by atoms with Crippen LogP contribution in [0.1, 0.15) is 5.56 Å². The number of rotatable bonds is 6. The highest BCUT2D eigenvalue weighted by Gasteiger charge is 2.21. The van der Waals surface area contributed by atoms with Crippen molar-refractivity contribution in [1.82, 2.24) is 9.55 Å². The van der Waals surface area contributed by atoms with Crippen LogP contribution in [0.4, 0.5) is 0 Å². The predicted octanol–water partition coefficient (Wildman–Crippen LogP) is 4.90. The molecule has 0 N–H and O–H groups in total. The summed E-state index contributed by atoms with van der Waals surface area (Å²) in [6.07, 6.45) is 1.69. The van der Waals surface area contributed by atoms with Gasteiger partial charge in [0.05, 0.1) is 20.1 Å². The van der Waals surface area contributed by atoms with Crippen LogP contribution in [0.3, 0.4) is 0 Å². The third-order valence-corrected chi connectivity index (χ3v) is 9.46. The van der Waals surface area contributed by atoms with E-state index in [-0.39, 0.29) is 16.2 Å². The fourth-order valence-corrected chi connectivity index (χ4v) is 7.11. The molecule has 0 saturated heterocycles. The number of hydrogen-bond acceptors (Lipinski definition) is 7. The second kappa shape index (κ2) is 8.49. The first-order valence-electron chi connectivity index (χ1n) is 9.78. The van der Waals surface area contributed by atoms with Crippen LogP contribution in [0.25, 0.3) is 26.7 Å². The Labute approximate surface area is 201 Å². The number of benzene rings is 2. The van der Waals surface area contributed by atoms with Crippen LogP contribution >= 0.6 is 34.3 Å². The topological polar surface area (TPSA) is 86.1 Å². The van der Waals surface area contributed by atoms with Crippen molar-refractivity contribution >= 4 is 70.9 Å². The number of thiophene rings is 1. The van der Waals surface area contributed by atoms with E-state index in [0.29, 0.717) is 21.0 Å². The van der Waals surface area contributed by atoms with Gasteiger partial charge in [-0.3, -0.25) is 14.2 Å². The van der Waals surface area contributed by atoms with E-state index < -0.39 is 21.4 Å². The van der Waals surface area contributed by atoms with Gasteiger partial charge in [-0.05, 0) is 53.4 Å². The lowest BCUT2D eigenvalue weighted by atomic mass is 10.1. The molecule has 3 aromatic heterocycles. The van der Waals surface area contributed by atoms with Crippen LogP contribution in [0, 0.1) is 0 Å². The van der Waals surface area contributed by atoms with E-state index in [2.05, 4.69) is 4.98 Å². The molecule has 0 atom stereocenters. The first-order valence-corrected chi connectivity index (χ1v) is 13.5. The highest BCUT2D eigenvalue weighted by Crippen LogP contribution is 2.27. The molecule has 0 amide bonds. The molecular weight excluding hydrogens is 500 g/mol. The number of aromatic nitrogens is 2. The van der Waals surface area contributed by atoms with Gasteiger partial charge >= 0.3 is 0 Å². The summed E-state index contributed by atoms with van der Waals surface area (Å²) in [6.45, 7) is 0. The molecule has 0 aliphatic rings. The standard InChI is InChI=1S/C23H15ClN2O4S3/c24-21-5-6-22(32-21)33(29,30)12-17(27)9-14-1-3-16(4-2-14)26-8-7-15-10-19-20(31-13-25-19)11-18(15)23(26)28/h1-8,10-11,13H,9,12H2. The van der Waals surface area contributed by atoms with Crippen LogP contribution < -0.4 is 5.56 Å². The van der Waals surface area contributed by atoms with Crippen molar-refractivity contribution in [2.24, 2.45) is 0 Å². The Morgan fingerprint density at radius 2 is 1.85 bits per heavy atom. The number of ketones is 1. The van der Waals surface area contributed by atoms with E-state index in [4.69, 9.17) is 11.6 Å². The summed E-state index contributed by atoms with van der Waals surface area (Å²) in [5.74, 6) is -0.995. The molecule has 0 aliphatic carbocycles. The summed E-state index contributed by atoms with van der Waals surface area (Å²) in [5, 5.41) is 1.43. The van der Waals surface area contributed by atoms with Gasteiger partial charge in [-0.2, -0.15) is 0 Å². The van der Waals surface area contributed by atoms with Gasteiger partial charge in [0.1, 0.15) is 9.96 Å². The summed E-state index contributed by atoms with van der Waals surface area (Å²) in [4.78, 5) is 29.7. The minimum Gasteiger partial charge on any atom is -0.298 e. The number of carbonyl (C=O) groups excluding carboxylic acids is 1. The zero-order valence-electron chi connectivity index (χ0n) is 16.9. The second-order valence-electron chi connectivity index (χ2n) is 7.45. The number of pyridine rings is 1. The zero-order valence-corrected chi connectivity index (χ0v) is 20.1. The first-order chi connectivity index (χ1) is 15.8. The number of sulfone groups is 1. The van der Waals surface area contributed by atoms with Gasteiger partial charge < -0.3 is 0 Å². The smallest absolute Gasteiger partial charge is 0.263 e. The molecule has 0 saturated carbocycles. The molecule has 2 aromatic carbocycles. The average molecular weight is 515 g/mol. The summed E-state index contributed by atoms with van der Waals surface area (Å²) >= 11 is 8.22. The fourth-order valence-electron chi connectivity index (χ4n) is 3.60. The lowest BCUT2D eigenvalue weighted by molar-refractivity contribution is -0.116. The van der Waals surface area contributed by atoms with Crippen molar-refractivity contribution in [2.45, 2.75) is 10.6 Å². The van der Waals surface area contributed by atoms with Gasteiger partial charge in [-0.1, -0.05) is 23.7 Å². The Bertz CT molecular complexity index is 1680. The van der Waals surface area contributed by atoms with E-state index in [1.165, 1.54) is 23.5 Å². The van der Waals surface area contributed by atoms with Gasteiger partial charge in [0.25, 0.3) is 5.56 Å². The lowest BCUT2D eigenvalue weighted by Gasteiger charge is -2.09. The summed E-state index contributed by atoms with van der Waals surface area (Å²) in [5.41, 5.74) is 3.80. The van der Waals surface area contributed by atoms with Crippen molar-refractivity contribution in [3.63, 3.8) is 0 Å². The molecule has 33 heavy (non-hydrogen) atoms. The Morgan fingerprint density at radius 3 is 2.58 bits per heavy atom. The highest BCUT2D eigenvalue weighted by atomic mass is 35.5. The van der Waals surface area contributed by atoms with E-state index in [1.54, 1.807) is 40.5 Å². The number of nitrogens with zero attached hydrogens (tertiary/aromatic N) is 2. The molecule has 0 aliphatic heterocycles. The van der Waals surface area contributed by atoms with E-state index in [1.807, 2.05) is 18.2 Å². The molecule has 0 radical (unpaired) electrons. The minimum absolute atomic E-state index is 0.0192. The third-order valence-electron chi connectivity index (χ3n) is 5.18. The molecule has 0 fully saturated rings. The van der Waals surface area contributed by atoms with Gasteiger partial charge in [-0.25, -0.2) is 13.4 Å². The highest BCUT2D eigenvalue weighted by molar-refractivity contribution is 7.94. The molecule has 166 valence electrons. The Hall–Kier alpha value is -2.85. The predicted molar refractivity (Wildman–Crippen MR) is 133 cm³/mol. The number of halogens is 1. The van der Waals surface area contributed by atoms with Gasteiger partial charge in [0.15, 0.2) is 15.6 Å². The van der Waals surface area contributed by atoms with Crippen molar-refractivity contribution in [1.29, 1.82) is 0 Å². The minimum atomic E-state index is -3.71. The van der Waals surface area contributed by atoms with E-state index in [9.17, 15) is 18.0 Å². The molecule has 0 spiro atoms. The van der Waals surface area contributed by atoms with Crippen LogP contribution in [0.5, 0.6) is 0 Å². The molecule has 10 heteroatoms. The molecule has 0 unspecified atom stereocenters. The van der Waals surface area contributed by atoms with E-state index in [0.717, 1.165) is 26.9 Å². The van der Waals surface area contributed by atoms with Crippen LogP contribution in [-0.2, 0) is 21.1 Å². The van der Waals surface area contributed by atoms with Crippen molar-refractivity contribution in [2.75, 3.05) is 5.75 Å². The van der Waals surface area contributed by atoms with E-state index >= 15 is 0 Å². The summed E-state index contributed by atoms with van der Waals surface area (Å²) < 4.78 is 27.7. The van der Waals surface area contributed by atoms with Crippen molar-refractivity contribution < 1.29 is 13.2 Å². The Balaban J connectivity index is 1.36. The third kappa shape index (κ3) is 4.37. The van der Waals surface area contributed by atoms with Crippen molar-refractivity contribution in [3.8, 4) is 5.69 Å². The lowest BCUT2D eigenvalue weighted by Crippen LogP contribution is -2.18. The molecule has 0 bridgehead atoms. The molecule has 5 aromatic rings. The van der Waals surface area contributed by atoms with Gasteiger partial charge in [-0.15, -0.1) is 22.7 Å². The van der Waals surface area contributed by atoms with Gasteiger partial charge in [0, 0.05) is 23.7 Å². The molecule has 3 heterocycles. The summed E-state index contributed by atoms with van der Waals surface area (Å²) in [7, 11) is -3.71. The normalized spacial score (nSPS) is 11.9. The fraction of sp³-hybridized carbons (Fsp3) is 0.0870. The SMILES string of the molecule is O=C(Cc1ccc(-n2ccc3cc4ncsc4cc3c2=O)cc1)CS(=O)(=O)c1ccc(Cl)s1. The van der Waals surface area contributed by atoms with Crippen LogP contribution in [0.15, 0.2) is 75.3 Å². The summed E-state index contributed by atoms with van der Waals surface area (Å²) in [6, 6.07) is 15.5. The maximum Gasteiger partial charge on any atom is 0.263 e. The largest absolute Gasteiger partial charge is 0.298 e. The second-order valence-corrected chi connectivity index (χ2v) is 12.3. The number of Topliss-reactive ketones (excluding diaryl/α,β-unsaturated/α-hetero) is 1. The number of carbonyl (C=O) groups is 1. The number of thiazole rings is 1. The van der Waals surface area contributed by atoms with Crippen LogP contribution in [0.2, 0.25) is 4.34 Å². The van der Waals surface area contributed by atoms with Crippen molar-refractivity contribution in [3.05, 3.63) is 86.6 Å². The Kier molecular flexibility index (Phi) is 5.65. The Morgan fingerprint density at radius 1 is 1.06 bits per heavy atom. The maximum atomic E-state index is 13.1. The monoisotopic (exact) mass is 514 g/mol. The molecule has 5 rings (SSSR count). The first kappa shape index (κ1) is 22.0. The molecular formula is C23H15ClN2O4S3.